The van der Waals surface area contributed by atoms with Gasteiger partial charge in [-0.15, -0.1) is 0 Å². The second kappa shape index (κ2) is 4.79. The summed E-state index contributed by atoms with van der Waals surface area (Å²) in [4.78, 5) is 18.2. The Morgan fingerprint density at radius 3 is 2.74 bits per heavy atom. The maximum absolute atomic E-state index is 12.4. The van der Waals surface area contributed by atoms with Gasteiger partial charge < -0.3 is 10.0 Å². The number of benzene rings is 1. The second-order valence-electron chi connectivity index (χ2n) is 4.77. The van der Waals surface area contributed by atoms with E-state index in [1.165, 1.54) is 6.20 Å². The zero-order valence-corrected chi connectivity index (χ0v) is 11.0. The molecular weight excluding hydrogens is 264 g/mol. The van der Waals surface area contributed by atoms with Crippen LogP contribution in [0.2, 0.25) is 5.15 Å². The topological polar surface area (TPSA) is 53.4 Å². The van der Waals surface area contributed by atoms with Gasteiger partial charge in [0.15, 0.2) is 0 Å². The van der Waals surface area contributed by atoms with Crippen LogP contribution in [0.3, 0.4) is 0 Å². The van der Waals surface area contributed by atoms with Gasteiger partial charge in [0.25, 0.3) is 5.91 Å². The number of likely N-dealkylation sites (tertiary alicyclic amines) is 1. The smallest absolute Gasteiger partial charge is 0.256 e. The number of fused-ring (bicyclic) bond motifs is 1. The molecule has 1 aromatic heterocycles. The number of carbonyl (C=O) groups is 1. The summed E-state index contributed by atoms with van der Waals surface area (Å²) in [5, 5.41) is 11.0. The van der Waals surface area contributed by atoms with Crippen molar-refractivity contribution in [2.45, 2.75) is 0 Å². The van der Waals surface area contributed by atoms with Gasteiger partial charge in [0.2, 0.25) is 0 Å². The van der Waals surface area contributed by atoms with Crippen LogP contribution in [0.15, 0.2) is 30.5 Å². The van der Waals surface area contributed by atoms with Gasteiger partial charge in [-0.1, -0.05) is 35.9 Å². The van der Waals surface area contributed by atoms with Crippen molar-refractivity contribution < 1.29 is 9.90 Å². The summed E-state index contributed by atoms with van der Waals surface area (Å²) in [6.07, 6.45) is 1.53. The largest absolute Gasteiger partial charge is 0.396 e. The lowest BCUT2D eigenvalue weighted by Gasteiger charge is -2.38. The molecule has 1 aliphatic heterocycles. The number of pyridine rings is 1. The molecule has 19 heavy (non-hydrogen) atoms. The Balaban J connectivity index is 1.97. The van der Waals surface area contributed by atoms with Crippen LogP contribution in [0.5, 0.6) is 0 Å². The normalized spacial score (nSPS) is 15.6. The van der Waals surface area contributed by atoms with E-state index in [9.17, 15) is 4.79 Å². The Labute approximate surface area is 115 Å². The molecule has 0 unspecified atom stereocenters. The van der Waals surface area contributed by atoms with Gasteiger partial charge in [0, 0.05) is 37.2 Å². The van der Waals surface area contributed by atoms with Crippen LogP contribution in [-0.2, 0) is 0 Å². The molecule has 5 heteroatoms. The lowest BCUT2D eigenvalue weighted by molar-refractivity contribution is 0.0363. The quantitative estimate of drug-likeness (QED) is 0.853. The first-order valence-electron chi connectivity index (χ1n) is 6.14. The fraction of sp³-hybridized carbons (Fsp3) is 0.286. The maximum atomic E-state index is 12.4. The molecular formula is C14H13ClN2O2. The summed E-state index contributed by atoms with van der Waals surface area (Å²) in [5.74, 6) is 0.153. The Morgan fingerprint density at radius 1 is 1.37 bits per heavy atom. The van der Waals surface area contributed by atoms with Crippen LogP contribution in [0.1, 0.15) is 10.4 Å². The number of carbonyl (C=O) groups excluding carboxylic acids is 1. The van der Waals surface area contributed by atoms with Crippen LogP contribution in [-0.4, -0.2) is 40.6 Å². The molecule has 4 nitrogen and oxygen atoms in total. The average molecular weight is 277 g/mol. The summed E-state index contributed by atoms with van der Waals surface area (Å²) in [7, 11) is 0. The van der Waals surface area contributed by atoms with E-state index in [2.05, 4.69) is 4.98 Å². The van der Waals surface area contributed by atoms with E-state index in [-0.39, 0.29) is 18.4 Å². The number of hydrogen-bond acceptors (Lipinski definition) is 3. The zero-order chi connectivity index (χ0) is 13.4. The van der Waals surface area contributed by atoms with Gasteiger partial charge in [-0.25, -0.2) is 4.98 Å². The SMILES string of the molecule is O=C(c1cnc(Cl)c2ccccc12)N1CC(CO)C1. The minimum absolute atomic E-state index is 0.0509. The van der Waals surface area contributed by atoms with E-state index >= 15 is 0 Å². The minimum Gasteiger partial charge on any atom is -0.396 e. The Hall–Kier alpha value is -1.65. The molecule has 2 aromatic rings. The molecule has 1 N–H and O–H groups in total. The van der Waals surface area contributed by atoms with Crippen molar-refractivity contribution in [3.63, 3.8) is 0 Å². The van der Waals surface area contributed by atoms with Crippen LogP contribution in [0.25, 0.3) is 10.8 Å². The first-order chi connectivity index (χ1) is 9.20. The number of aromatic nitrogens is 1. The van der Waals surface area contributed by atoms with Crippen molar-refractivity contribution >= 4 is 28.3 Å². The monoisotopic (exact) mass is 276 g/mol. The second-order valence-corrected chi connectivity index (χ2v) is 5.13. The average Bonchev–Trinajstić information content (AvgIpc) is 2.38. The lowest BCUT2D eigenvalue weighted by atomic mass is 9.99. The van der Waals surface area contributed by atoms with Crippen LogP contribution >= 0.6 is 11.6 Å². The summed E-state index contributed by atoms with van der Waals surface area (Å²) in [5.41, 5.74) is 0.566. The fourth-order valence-corrected chi connectivity index (χ4v) is 2.56. The molecule has 3 rings (SSSR count). The first kappa shape index (κ1) is 12.4. The van der Waals surface area contributed by atoms with E-state index in [1.54, 1.807) is 4.90 Å². The molecule has 0 atom stereocenters. The van der Waals surface area contributed by atoms with E-state index < -0.39 is 0 Å². The summed E-state index contributed by atoms with van der Waals surface area (Å²) >= 11 is 6.04. The Morgan fingerprint density at radius 2 is 2.05 bits per heavy atom. The van der Waals surface area contributed by atoms with Crippen molar-refractivity contribution in [2.75, 3.05) is 19.7 Å². The zero-order valence-electron chi connectivity index (χ0n) is 10.2. The number of halogens is 1. The highest BCUT2D eigenvalue weighted by molar-refractivity contribution is 6.34. The van der Waals surface area contributed by atoms with E-state index in [0.717, 1.165) is 10.8 Å². The van der Waals surface area contributed by atoms with Crippen molar-refractivity contribution in [1.82, 2.24) is 9.88 Å². The molecule has 0 bridgehead atoms. The third kappa shape index (κ3) is 2.07. The van der Waals surface area contributed by atoms with Gasteiger partial charge in [-0.3, -0.25) is 4.79 Å². The van der Waals surface area contributed by atoms with Crippen molar-refractivity contribution in [1.29, 1.82) is 0 Å². The number of aliphatic hydroxyl groups is 1. The van der Waals surface area contributed by atoms with E-state index in [0.29, 0.717) is 23.8 Å². The van der Waals surface area contributed by atoms with E-state index in [4.69, 9.17) is 16.7 Å². The third-order valence-corrected chi connectivity index (χ3v) is 3.78. The van der Waals surface area contributed by atoms with Gasteiger partial charge >= 0.3 is 0 Å². The Kier molecular flexibility index (Phi) is 3.12. The minimum atomic E-state index is -0.0509. The molecule has 1 saturated heterocycles. The number of amides is 1. The predicted molar refractivity (Wildman–Crippen MR) is 73.2 cm³/mol. The summed E-state index contributed by atoms with van der Waals surface area (Å²) in [6, 6.07) is 7.48. The number of hydrogen-bond donors (Lipinski definition) is 1. The molecule has 1 aliphatic rings. The fourth-order valence-electron chi connectivity index (χ4n) is 2.35. The molecule has 1 amide bonds. The molecule has 1 aromatic carbocycles. The number of rotatable bonds is 2. The van der Waals surface area contributed by atoms with Crippen molar-refractivity contribution in [3.05, 3.63) is 41.2 Å². The molecule has 0 radical (unpaired) electrons. The molecule has 0 spiro atoms. The van der Waals surface area contributed by atoms with Gasteiger partial charge in [0.05, 0.1) is 5.56 Å². The maximum Gasteiger partial charge on any atom is 0.256 e. The third-order valence-electron chi connectivity index (χ3n) is 3.48. The molecule has 1 fully saturated rings. The lowest BCUT2D eigenvalue weighted by Crippen LogP contribution is -2.51. The predicted octanol–water partition coefficient (Wildman–Crippen LogP) is 1.95. The highest BCUT2D eigenvalue weighted by Crippen LogP contribution is 2.27. The molecule has 0 aliphatic carbocycles. The van der Waals surface area contributed by atoms with Crippen LogP contribution < -0.4 is 0 Å². The van der Waals surface area contributed by atoms with Crippen LogP contribution in [0.4, 0.5) is 0 Å². The summed E-state index contributed by atoms with van der Waals surface area (Å²) < 4.78 is 0. The van der Waals surface area contributed by atoms with Gasteiger partial charge in [-0.2, -0.15) is 0 Å². The van der Waals surface area contributed by atoms with Crippen molar-refractivity contribution in [2.24, 2.45) is 5.92 Å². The standard InChI is InChI=1S/C14H13ClN2O2/c15-13-11-4-2-1-3-10(11)12(5-16-13)14(19)17-6-9(7-17)8-18/h1-5,9,18H,6-8H2. The first-order valence-corrected chi connectivity index (χ1v) is 6.52. The van der Waals surface area contributed by atoms with Gasteiger partial charge in [-0.05, 0) is 5.39 Å². The van der Waals surface area contributed by atoms with Crippen molar-refractivity contribution in [3.8, 4) is 0 Å². The van der Waals surface area contributed by atoms with E-state index in [1.807, 2.05) is 24.3 Å². The molecule has 98 valence electrons. The Bertz CT molecular complexity index is 638. The van der Waals surface area contributed by atoms with Crippen LogP contribution in [0, 0.1) is 5.92 Å². The highest BCUT2D eigenvalue weighted by Gasteiger charge is 2.31. The number of aliphatic hydroxyl groups excluding tert-OH is 1. The molecule has 2 heterocycles. The number of nitrogens with zero attached hydrogens (tertiary/aromatic N) is 2. The summed E-state index contributed by atoms with van der Waals surface area (Å²) in [6.45, 7) is 1.34. The molecule has 0 saturated carbocycles. The van der Waals surface area contributed by atoms with Gasteiger partial charge in [0.1, 0.15) is 5.15 Å². The highest BCUT2D eigenvalue weighted by atomic mass is 35.5.